The number of imidazole rings is 1. The highest BCUT2D eigenvalue weighted by atomic mass is 15.2. The van der Waals surface area contributed by atoms with E-state index in [1.807, 2.05) is 17.1 Å². The first-order chi connectivity index (χ1) is 7.51. The Hall–Kier alpha value is -1.52. The molecule has 0 saturated heterocycles. The van der Waals surface area contributed by atoms with Crippen LogP contribution >= 0.6 is 0 Å². The summed E-state index contributed by atoms with van der Waals surface area (Å²) in [7, 11) is 1.78. The average molecular weight is 223 g/mol. The molecule has 0 amide bonds. The first-order valence-electron chi connectivity index (χ1n) is 5.46. The molecule has 0 unspecified atom stereocenters. The summed E-state index contributed by atoms with van der Waals surface area (Å²) in [6.07, 6.45) is 5.53. The molecule has 0 bridgehead atoms. The van der Waals surface area contributed by atoms with Crippen LogP contribution in [0.5, 0.6) is 0 Å². The fourth-order valence-electron chi connectivity index (χ4n) is 1.26. The number of rotatable bonds is 3. The summed E-state index contributed by atoms with van der Waals surface area (Å²) in [5, 5.41) is 6.55. The first kappa shape index (κ1) is 12.5. The third-order valence-corrected chi connectivity index (χ3v) is 1.94. The van der Waals surface area contributed by atoms with Crippen LogP contribution in [0.3, 0.4) is 0 Å². The molecule has 1 heterocycles. The minimum atomic E-state index is 0.0247. The van der Waals surface area contributed by atoms with Gasteiger partial charge >= 0.3 is 0 Å². The molecule has 5 nitrogen and oxygen atoms in total. The van der Waals surface area contributed by atoms with E-state index in [4.69, 9.17) is 0 Å². The molecule has 16 heavy (non-hydrogen) atoms. The number of nitrogens with one attached hydrogen (secondary N) is 2. The van der Waals surface area contributed by atoms with Crippen molar-refractivity contribution in [3.05, 3.63) is 18.7 Å². The van der Waals surface area contributed by atoms with Crippen molar-refractivity contribution in [2.24, 2.45) is 4.99 Å². The standard InChI is InChI=1S/C11H21N5/c1-11(2,3)15-10(12-4)14-6-8-16-7-5-13-9-16/h5,7,9H,6,8H2,1-4H3,(H2,12,14,15). The van der Waals surface area contributed by atoms with Gasteiger partial charge in [-0.3, -0.25) is 4.99 Å². The Labute approximate surface area is 97.0 Å². The summed E-state index contributed by atoms with van der Waals surface area (Å²) >= 11 is 0. The summed E-state index contributed by atoms with van der Waals surface area (Å²) in [4.78, 5) is 8.15. The minimum absolute atomic E-state index is 0.0247. The van der Waals surface area contributed by atoms with Gasteiger partial charge in [0.2, 0.25) is 0 Å². The van der Waals surface area contributed by atoms with Gasteiger partial charge in [0.15, 0.2) is 5.96 Å². The van der Waals surface area contributed by atoms with Gasteiger partial charge in [-0.05, 0) is 20.8 Å². The molecule has 0 radical (unpaired) electrons. The number of nitrogens with zero attached hydrogens (tertiary/aromatic N) is 3. The first-order valence-corrected chi connectivity index (χ1v) is 5.46. The molecule has 0 spiro atoms. The van der Waals surface area contributed by atoms with E-state index in [1.165, 1.54) is 0 Å². The lowest BCUT2D eigenvalue weighted by Crippen LogP contribution is -2.48. The molecule has 0 aliphatic carbocycles. The van der Waals surface area contributed by atoms with E-state index < -0.39 is 0 Å². The van der Waals surface area contributed by atoms with Crippen LogP contribution < -0.4 is 10.6 Å². The molecular weight excluding hydrogens is 202 g/mol. The van der Waals surface area contributed by atoms with Crippen molar-refractivity contribution in [2.45, 2.75) is 32.9 Å². The van der Waals surface area contributed by atoms with Crippen molar-refractivity contribution in [1.29, 1.82) is 0 Å². The van der Waals surface area contributed by atoms with Gasteiger partial charge in [-0.25, -0.2) is 4.98 Å². The van der Waals surface area contributed by atoms with Gasteiger partial charge in [-0.15, -0.1) is 0 Å². The fourth-order valence-corrected chi connectivity index (χ4v) is 1.26. The highest BCUT2D eigenvalue weighted by Crippen LogP contribution is 1.97. The van der Waals surface area contributed by atoms with Gasteiger partial charge in [0, 0.05) is 38.1 Å². The van der Waals surface area contributed by atoms with E-state index in [-0.39, 0.29) is 5.54 Å². The maximum absolute atomic E-state index is 4.16. The smallest absolute Gasteiger partial charge is 0.191 e. The summed E-state index contributed by atoms with van der Waals surface area (Å²) < 4.78 is 2.03. The van der Waals surface area contributed by atoms with Gasteiger partial charge in [0.25, 0.3) is 0 Å². The van der Waals surface area contributed by atoms with Crippen LogP contribution in [0.2, 0.25) is 0 Å². The largest absolute Gasteiger partial charge is 0.355 e. The maximum atomic E-state index is 4.16. The molecule has 0 atom stereocenters. The van der Waals surface area contributed by atoms with E-state index in [9.17, 15) is 0 Å². The van der Waals surface area contributed by atoms with E-state index in [2.05, 4.69) is 41.4 Å². The number of aromatic nitrogens is 2. The Bertz CT molecular complexity index is 321. The van der Waals surface area contributed by atoms with Crippen LogP contribution in [-0.2, 0) is 6.54 Å². The number of guanidine groups is 1. The van der Waals surface area contributed by atoms with Crippen LogP contribution in [0.15, 0.2) is 23.7 Å². The Morgan fingerprint density at radius 2 is 2.19 bits per heavy atom. The SMILES string of the molecule is CN=C(NCCn1ccnc1)NC(C)(C)C. The second-order valence-electron chi connectivity index (χ2n) is 4.67. The third-order valence-electron chi connectivity index (χ3n) is 1.94. The van der Waals surface area contributed by atoms with Gasteiger partial charge in [0.1, 0.15) is 0 Å². The van der Waals surface area contributed by atoms with Crippen LogP contribution in [0.4, 0.5) is 0 Å². The Kier molecular flexibility index (Phi) is 4.34. The van der Waals surface area contributed by atoms with Crippen molar-refractivity contribution < 1.29 is 0 Å². The van der Waals surface area contributed by atoms with Crippen LogP contribution in [0.25, 0.3) is 0 Å². The lowest BCUT2D eigenvalue weighted by Gasteiger charge is -2.23. The summed E-state index contributed by atoms with van der Waals surface area (Å²) in [5.41, 5.74) is 0.0247. The molecule has 2 N–H and O–H groups in total. The monoisotopic (exact) mass is 223 g/mol. The second-order valence-corrected chi connectivity index (χ2v) is 4.67. The Morgan fingerprint density at radius 1 is 1.44 bits per heavy atom. The highest BCUT2D eigenvalue weighted by Gasteiger charge is 2.10. The van der Waals surface area contributed by atoms with Gasteiger partial charge in [0.05, 0.1) is 6.33 Å². The minimum Gasteiger partial charge on any atom is -0.355 e. The van der Waals surface area contributed by atoms with Crippen molar-refractivity contribution in [2.75, 3.05) is 13.6 Å². The van der Waals surface area contributed by atoms with Crippen molar-refractivity contribution in [3.8, 4) is 0 Å². The molecule has 1 rings (SSSR count). The third kappa shape index (κ3) is 4.82. The lowest BCUT2D eigenvalue weighted by atomic mass is 10.1. The van der Waals surface area contributed by atoms with Crippen molar-refractivity contribution in [1.82, 2.24) is 20.2 Å². The zero-order chi connectivity index (χ0) is 12.0. The molecule has 1 aromatic heterocycles. The maximum Gasteiger partial charge on any atom is 0.191 e. The quantitative estimate of drug-likeness (QED) is 0.590. The predicted molar refractivity (Wildman–Crippen MR) is 66.5 cm³/mol. The molecule has 0 aromatic carbocycles. The molecule has 0 aliphatic rings. The predicted octanol–water partition coefficient (Wildman–Crippen LogP) is 0.847. The van der Waals surface area contributed by atoms with Crippen LogP contribution in [0.1, 0.15) is 20.8 Å². The van der Waals surface area contributed by atoms with Crippen molar-refractivity contribution in [3.63, 3.8) is 0 Å². The highest BCUT2D eigenvalue weighted by molar-refractivity contribution is 5.80. The van der Waals surface area contributed by atoms with E-state index in [1.54, 1.807) is 13.2 Å². The average Bonchev–Trinajstić information content (AvgIpc) is 2.67. The number of hydrogen-bond acceptors (Lipinski definition) is 2. The van der Waals surface area contributed by atoms with Gasteiger partial charge in [-0.1, -0.05) is 0 Å². The zero-order valence-electron chi connectivity index (χ0n) is 10.5. The normalized spacial score (nSPS) is 12.6. The summed E-state index contributed by atoms with van der Waals surface area (Å²) in [6, 6.07) is 0. The second kappa shape index (κ2) is 5.53. The molecule has 0 aliphatic heterocycles. The Morgan fingerprint density at radius 3 is 2.69 bits per heavy atom. The lowest BCUT2D eigenvalue weighted by molar-refractivity contribution is 0.499. The summed E-state index contributed by atoms with van der Waals surface area (Å²) in [6.45, 7) is 8.03. The molecule has 5 heteroatoms. The van der Waals surface area contributed by atoms with Gasteiger partial charge in [-0.2, -0.15) is 0 Å². The Balaban J connectivity index is 2.30. The van der Waals surface area contributed by atoms with Crippen LogP contribution in [0, 0.1) is 0 Å². The summed E-state index contributed by atoms with van der Waals surface area (Å²) in [5.74, 6) is 0.826. The zero-order valence-corrected chi connectivity index (χ0v) is 10.5. The molecule has 90 valence electrons. The number of aliphatic imine (C=N–C) groups is 1. The van der Waals surface area contributed by atoms with Crippen molar-refractivity contribution >= 4 is 5.96 Å². The van der Waals surface area contributed by atoms with Gasteiger partial charge < -0.3 is 15.2 Å². The van der Waals surface area contributed by atoms with E-state index >= 15 is 0 Å². The topological polar surface area (TPSA) is 54.2 Å². The molecule has 0 fully saturated rings. The number of hydrogen-bond donors (Lipinski definition) is 2. The fraction of sp³-hybridized carbons (Fsp3) is 0.636. The van der Waals surface area contributed by atoms with E-state index in [0.29, 0.717) is 0 Å². The molecule has 1 aromatic rings. The molecular formula is C11H21N5. The molecule has 0 saturated carbocycles. The van der Waals surface area contributed by atoms with E-state index in [0.717, 1.165) is 19.0 Å². The van der Waals surface area contributed by atoms with Crippen LogP contribution in [-0.4, -0.2) is 34.6 Å².